The van der Waals surface area contributed by atoms with E-state index in [9.17, 15) is 4.79 Å². The summed E-state index contributed by atoms with van der Waals surface area (Å²) in [5, 5.41) is 0. The molecule has 1 nitrogen and oxygen atoms in total. The van der Waals surface area contributed by atoms with Crippen molar-refractivity contribution in [3.8, 4) is 0 Å². The second-order valence-corrected chi connectivity index (χ2v) is 7.40. The number of hydrogen-bond acceptors (Lipinski definition) is 1. The van der Waals surface area contributed by atoms with Crippen LogP contribution in [0.1, 0.15) is 75.0 Å². The zero-order chi connectivity index (χ0) is 14.6. The van der Waals surface area contributed by atoms with Gasteiger partial charge in [0.05, 0.1) is 0 Å². The largest absolute Gasteiger partial charge is 0.295 e. The smallest absolute Gasteiger partial charge is 0.160 e. The molecule has 0 bridgehead atoms. The summed E-state index contributed by atoms with van der Waals surface area (Å²) in [5.74, 6) is 0.782. The van der Waals surface area contributed by atoms with Gasteiger partial charge in [-0.15, -0.1) is 0 Å². The second-order valence-electron chi connectivity index (χ2n) is 7.40. The van der Waals surface area contributed by atoms with Crippen LogP contribution in [0, 0.1) is 12.8 Å². The third-order valence-corrected chi connectivity index (χ3v) is 5.17. The van der Waals surface area contributed by atoms with Crippen molar-refractivity contribution in [3.63, 3.8) is 0 Å². The molecule has 1 aliphatic carbocycles. The Bertz CT molecular complexity index is 537. The third kappa shape index (κ3) is 2.04. The van der Waals surface area contributed by atoms with Crippen molar-refractivity contribution in [2.75, 3.05) is 0 Å². The van der Waals surface area contributed by atoms with Crippen LogP contribution in [0.4, 0.5) is 0 Å². The number of benzene rings is 1. The van der Waals surface area contributed by atoms with Crippen LogP contribution in [0.5, 0.6) is 0 Å². The highest BCUT2D eigenvalue weighted by Crippen LogP contribution is 2.53. The average Bonchev–Trinajstić information content (AvgIpc) is 2.46. The molecule has 0 spiro atoms. The van der Waals surface area contributed by atoms with Crippen LogP contribution in [0.3, 0.4) is 0 Å². The number of fused-ring (bicyclic) bond motifs is 1. The average molecular weight is 258 g/mol. The van der Waals surface area contributed by atoms with E-state index in [0.717, 1.165) is 17.5 Å². The molecular weight excluding hydrogens is 232 g/mol. The molecule has 19 heavy (non-hydrogen) atoms. The highest BCUT2D eigenvalue weighted by atomic mass is 16.1. The lowest BCUT2D eigenvalue weighted by Gasteiger charge is -2.32. The van der Waals surface area contributed by atoms with Crippen LogP contribution in [-0.2, 0) is 10.8 Å². The zero-order valence-corrected chi connectivity index (χ0v) is 13.3. The van der Waals surface area contributed by atoms with E-state index < -0.39 is 0 Å². The number of ketones is 1. The first-order chi connectivity index (χ1) is 8.59. The molecule has 0 aliphatic heterocycles. The van der Waals surface area contributed by atoms with Crippen molar-refractivity contribution >= 4 is 5.78 Å². The summed E-state index contributed by atoms with van der Waals surface area (Å²) in [6.45, 7) is 15.3. The maximum absolute atomic E-state index is 11.8. The van der Waals surface area contributed by atoms with Crippen molar-refractivity contribution in [3.05, 3.63) is 34.4 Å². The van der Waals surface area contributed by atoms with Crippen molar-refractivity contribution in [1.82, 2.24) is 0 Å². The molecule has 1 aromatic carbocycles. The maximum Gasteiger partial charge on any atom is 0.160 e. The van der Waals surface area contributed by atoms with Gasteiger partial charge in [0.2, 0.25) is 0 Å². The fourth-order valence-corrected chi connectivity index (χ4v) is 3.74. The highest BCUT2D eigenvalue weighted by Gasteiger charge is 2.46. The van der Waals surface area contributed by atoms with Crippen LogP contribution in [0.15, 0.2) is 12.1 Å². The Morgan fingerprint density at radius 1 is 1.16 bits per heavy atom. The van der Waals surface area contributed by atoms with Gasteiger partial charge in [-0.25, -0.2) is 0 Å². The zero-order valence-electron chi connectivity index (χ0n) is 13.3. The quantitative estimate of drug-likeness (QED) is 0.697. The summed E-state index contributed by atoms with van der Waals surface area (Å²) in [6.07, 6.45) is 1.16. The maximum atomic E-state index is 11.8. The van der Waals surface area contributed by atoms with E-state index in [4.69, 9.17) is 0 Å². The van der Waals surface area contributed by atoms with Gasteiger partial charge in [-0.1, -0.05) is 40.7 Å². The lowest BCUT2D eigenvalue weighted by atomic mass is 9.72. The summed E-state index contributed by atoms with van der Waals surface area (Å²) < 4.78 is 0. The predicted molar refractivity (Wildman–Crippen MR) is 81.0 cm³/mol. The molecular formula is C18H26O. The monoisotopic (exact) mass is 258 g/mol. The second kappa shape index (κ2) is 4.19. The van der Waals surface area contributed by atoms with E-state index in [-0.39, 0.29) is 16.6 Å². The van der Waals surface area contributed by atoms with E-state index in [2.05, 4.69) is 53.7 Å². The molecule has 0 saturated heterocycles. The summed E-state index contributed by atoms with van der Waals surface area (Å²) in [6, 6.07) is 4.42. The fourth-order valence-electron chi connectivity index (χ4n) is 3.74. The van der Waals surface area contributed by atoms with E-state index in [1.165, 1.54) is 11.1 Å². The van der Waals surface area contributed by atoms with E-state index in [0.29, 0.717) is 5.92 Å². The lowest BCUT2D eigenvalue weighted by molar-refractivity contribution is 0.101. The van der Waals surface area contributed by atoms with E-state index in [1.54, 1.807) is 6.92 Å². The molecule has 0 amide bonds. The molecule has 1 atom stereocenters. The van der Waals surface area contributed by atoms with Gasteiger partial charge in [0.1, 0.15) is 0 Å². The highest BCUT2D eigenvalue weighted by molar-refractivity contribution is 5.96. The molecule has 1 unspecified atom stereocenters. The number of hydrogen-bond donors (Lipinski definition) is 0. The first kappa shape index (κ1) is 14.3. The lowest BCUT2D eigenvalue weighted by Crippen LogP contribution is -2.28. The van der Waals surface area contributed by atoms with Gasteiger partial charge in [-0.05, 0) is 59.8 Å². The molecule has 0 aromatic heterocycles. The van der Waals surface area contributed by atoms with Gasteiger partial charge in [0, 0.05) is 5.56 Å². The molecule has 0 N–H and O–H groups in total. The number of Topliss-reactive ketones (excluding diaryl/α,β-unsaturated/α-hetero) is 1. The predicted octanol–water partition coefficient (Wildman–Crippen LogP) is 4.79. The van der Waals surface area contributed by atoms with Gasteiger partial charge < -0.3 is 0 Å². The molecule has 1 heteroatoms. The van der Waals surface area contributed by atoms with Gasteiger partial charge in [-0.3, -0.25) is 4.79 Å². The van der Waals surface area contributed by atoms with Crippen LogP contribution in [0.25, 0.3) is 0 Å². The summed E-state index contributed by atoms with van der Waals surface area (Å²) in [4.78, 5) is 11.8. The first-order valence-electron chi connectivity index (χ1n) is 7.26. The van der Waals surface area contributed by atoms with Gasteiger partial charge in [0.25, 0.3) is 0 Å². The Kier molecular flexibility index (Phi) is 3.16. The molecule has 0 fully saturated rings. The van der Waals surface area contributed by atoms with Crippen LogP contribution in [0.2, 0.25) is 0 Å². The Hall–Kier alpha value is -1.11. The van der Waals surface area contributed by atoms with Crippen LogP contribution < -0.4 is 0 Å². The Balaban J connectivity index is 2.72. The van der Waals surface area contributed by atoms with Crippen molar-refractivity contribution in [2.24, 2.45) is 5.92 Å². The van der Waals surface area contributed by atoms with Gasteiger partial charge in [0.15, 0.2) is 5.78 Å². The number of aryl methyl sites for hydroxylation is 1. The SMILES string of the molecule is CC(=O)c1cc2c(cc1C)C(C)(C(C)C)CC2(C)C. The van der Waals surface area contributed by atoms with Gasteiger partial charge >= 0.3 is 0 Å². The van der Waals surface area contributed by atoms with Crippen LogP contribution in [-0.4, -0.2) is 5.78 Å². The first-order valence-corrected chi connectivity index (χ1v) is 7.26. The van der Waals surface area contributed by atoms with Gasteiger partial charge in [-0.2, -0.15) is 0 Å². The minimum Gasteiger partial charge on any atom is -0.295 e. The number of carbonyl (C=O) groups excluding carboxylic acids is 1. The standard InChI is InChI=1S/C18H26O/c1-11(2)18(7)10-17(5,6)15-9-14(13(4)19)12(3)8-16(15)18/h8-9,11H,10H2,1-7H3. The molecule has 1 aromatic rings. The van der Waals surface area contributed by atoms with E-state index >= 15 is 0 Å². The molecule has 2 rings (SSSR count). The molecule has 0 radical (unpaired) electrons. The fraction of sp³-hybridized carbons (Fsp3) is 0.611. The Morgan fingerprint density at radius 3 is 2.21 bits per heavy atom. The minimum atomic E-state index is 0.159. The van der Waals surface area contributed by atoms with Crippen molar-refractivity contribution in [2.45, 2.75) is 65.7 Å². The summed E-state index contributed by atoms with van der Waals surface area (Å²) >= 11 is 0. The van der Waals surface area contributed by atoms with Crippen LogP contribution >= 0.6 is 0 Å². The molecule has 104 valence electrons. The molecule has 0 heterocycles. The summed E-state index contributed by atoms with van der Waals surface area (Å²) in [7, 11) is 0. The molecule has 1 aliphatic rings. The molecule has 0 saturated carbocycles. The van der Waals surface area contributed by atoms with Crippen molar-refractivity contribution < 1.29 is 4.79 Å². The summed E-state index contributed by atoms with van der Waals surface area (Å²) in [5.41, 5.74) is 5.22. The normalized spacial score (nSPS) is 24.6. The Morgan fingerprint density at radius 2 is 1.74 bits per heavy atom. The number of carbonyl (C=O) groups is 1. The Labute approximate surface area is 117 Å². The topological polar surface area (TPSA) is 17.1 Å². The van der Waals surface area contributed by atoms with Crippen molar-refractivity contribution in [1.29, 1.82) is 0 Å². The number of rotatable bonds is 2. The minimum absolute atomic E-state index is 0.159. The van der Waals surface area contributed by atoms with E-state index in [1.807, 2.05) is 0 Å². The third-order valence-electron chi connectivity index (χ3n) is 5.17.